The van der Waals surface area contributed by atoms with Crippen molar-refractivity contribution >= 4 is 16.9 Å². The first-order valence-electron chi connectivity index (χ1n) is 7.63. The van der Waals surface area contributed by atoms with E-state index in [1.54, 1.807) is 16.2 Å². The van der Waals surface area contributed by atoms with Gasteiger partial charge in [0.1, 0.15) is 0 Å². The number of rotatable bonds is 7. The standard InChI is InChI=1S/C16H23N3O3/c1-3-9-18-13-6-4-5-7-14(13)19(16(18)22)10-8-15(21)17(2)11-12-20/h4-7,20H,3,8-12H2,1-2H3. The second-order valence-corrected chi connectivity index (χ2v) is 5.36. The number of imidazole rings is 1. The van der Waals surface area contributed by atoms with E-state index in [0.29, 0.717) is 19.6 Å². The number of fused-ring (bicyclic) bond motifs is 1. The molecule has 1 aromatic heterocycles. The highest BCUT2D eigenvalue weighted by Crippen LogP contribution is 2.13. The van der Waals surface area contributed by atoms with Crippen LogP contribution in [0, 0.1) is 0 Å². The molecule has 0 aliphatic rings. The van der Waals surface area contributed by atoms with Crippen LogP contribution in [0.3, 0.4) is 0 Å². The van der Waals surface area contributed by atoms with Gasteiger partial charge >= 0.3 is 5.69 Å². The van der Waals surface area contributed by atoms with Gasteiger partial charge < -0.3 is 10.0 Å². The van der Waals surface area contributed by atoms with Crippen molar-refractivity contribution in [3.8, 4) is 0 Å². The number of aliphatic hydroxyl groups excluding tert-OH is 1. The molecule has 1 heterocycles. The topological polar surface area (TPSA) is 67.5 Å². The maximum atomic E-state index is 12.5. The molecule has 0 radical (unpaired) electrons. The van der Waals surface area contributed by atoms with Gasteiger partial charge in [0.25, 0.3) is 0 Å². The molecule has 1 aromatic carbocycles. The number of amides is 1. The van der Waals surface area contributed by atoms with Crippen molar-refractivity contribution in [1.29, 1.82) is 0 Å². The fourth-order valence-corrected chi connectivity index (χ4v) is 2.60. The molecule has 1 amide bonds. The Morgan fingerprint density at radius 1 is 1.18 bits per heavy atom. The minimum absolute atomic E-state index is 0.0575. The van der Waals surface area contributed by atoms with E-state index >= 15 is 0 Å². The minimum atomic E-state index is -0.0757. The van der Waals surface area contributed by atoms with E-state index in [2.05, 4.69) is 0 Å². The molecule has 22 heavy (non-hydrogen) atoms. The molecule has 1 N–H and O–H groups in total. The lowest BCUT2D eigenvalue weighted by Crippen LogP contribution is -2.31. The zero-order valence-corrected chi connectivity index (χ0v) is 13.2. The molecule has 0 spiro atoms. The lowest BCUT2D eigenvalue weighted by atomic mass is 10.3. The zero-order valence-electron chi connectivity index (χ0n) is 13.2. The van der Waals surface area contributed by atoms with Gasteiger partial charge in [-0.25, -0.2) is 4.79 Å². The summed E-state index contributed by atoms with van der Waals surface area (Å²) < 4.78 is 3.42. The predicted molar refractivity (Wildman–Crippen MR) is 85.8 cm³/mol. The number of aliphatic hydroxyl groups is 1. The van der Waals surface area contributed by atoms with Crippen LogP contribution in [-0.2, 0) is 17.9 Å². The van der Waals surface area contributed by atoms with Crippen molar-refractivity contribution in [3.63, 3.8) is 0 Å². The maximum absolute atomic E-state index is 12.5. The molecular formula is C16H23N3O3. The summed E-state index contributed by atoms with van der Waals surface area (Å²) in [4.78, 5) is 26.0. The summed E-state index contributed by atoms with van der Waals surface area (Å²) >= 11 is 0. The van der Waals surface area contributed by atoms with Crippen LogP contribution in [0.1, 0.15) is 19.8 Å². The fourth-order valence-electron chi connectivity index (χ4n) is 2.60. The molecule has 0 unspecified atom stereocenters. The number of carbonyl (C=O) groups excluding carboxylic acids is 1. The van der Waals surface area contributed by atoms with Crippen molar-refractivity contribution in [1.82, 2.24) is 14.0 Å². The number of benzene rings is 1. The highest BCUT2D eigenvalue weighted by atomic mass is 16.3. The highest BCUT2D eigenvalue weighted by Gasteiger charge is 2.14. The van der Waals surface area contributed by atoms with Crippen molar-refractivity contribution in [2.24, 2.45) is 0 Å². The molecule has 0 saturated carbocycles. The Morgan fingerprint density at radius 2 is 1.77 bits per heavy atom. The summed E-state index contributed by atoms with van der Waals surface area (Å²) in [5, 5.41) is 8.87. The molecule has 0 atom stereocenters. The number of aryl methyl sites for hydroxylation is 2. The molecule has 0 fully saturated rings. The molecule has 2 rings (SSSR count). The van der Waals surface area contributed by atoms with E-state index in [0.717, 1.165) is 17.5 Å². The second kappa shape index (κ2) is 7.26. The molecular weight excluding hydrogens is 282 g/mol. The first kappa shape index (κ1) is 16.3. The number of para-hydroxylation sites is 2. The van der Waals surface area contributed by atoms with Gasteiger partial charge in [-0.15, -0.1) is 0 Å². The van der Waals surface area contributed by atoms with Crippen LogP contribution in [-0.4, -0.2) is 45.2 Å². The molecule has 6 nitrogen and oxygen atoms in total. The van der Waals surface area contributed by atoms with E-state index < -0.39 is 0 Å². The van der Waals surface area contributed by atoms with Crippen LogP contribution >= 0.6 is 0 Å². The highest BCUT2D eigenvalue weighted by molar-refractivity contribution is 5.78. The average molecular weight is 305 g/mol. The molecule has 0 bridgehead atoms. The maximum Gasteiger partial charge on any atom is 0.329 e. The van der Waals surface area contributed by atoms with Crippen LogP contribution in [0.25, 0.3) is 11.0 Å². The van der Waals surface area contributed by atoms with Gasteiger partial charge in [-0.2, -0.15) is 0 Å². The smallest absolute Gasteiger partial charge is 0.329 e. The van der Waals surface area contributed by atoms with Gasteiger partial charge in [-0.3, -0.25) is 13.9 Å². The van der Waals surface area contributed by atoms with E-state index in [1.165, 1.54) is 4.90 Å². The Balaban J connectivity index is 2.26. The molecule has 6 heteroatoms. The summed E-state index contributed by atoms with van der Waals surface area (Å²) in [7, 11) is 1.65. The third-order valence-corrected chi connectivity index (χ3v) is 3.78. The Labute approximate surface area is 129 Å². The van der Waals surface area contributed by atoms with E-state index in [4.69, 9.17) is 5.11 Å². The largest absolute Gasteiger partial charge is 0.395 e. The Morgan fingerprint density at radius 3 is 2.32 bits per heavy atom. The van der Waals surface area contributed by atoms with Gasteiger partial charge in [-0.05, 0) is 18.6 Å². The third-order valence-electron chi connectivity index (χ3n) is 3.78. The summed E-state index contributed by atoms with van der Waals surface area (Å²) in [5.74, 6) is -0.0757. The molecule has 0 aliphatic carbocycles. The minimum Gasteiger partial charge on any atom is -0.395 e. The van der Waals surface area contributed by atoms with Crippen molar-refractivity contribution < 1.29 is 9.90 Å². The SMILES string of the molecule is CCCn1c(=O)n(CCC(=O)N(C)CCO)c2ccccc21. The molecule has 2 aromatic rings. The van der Waals surface area contributed by atoms with Gasteiger partial charge in [0.2, 0.25) is 5.91 Å². The predicted octanol–water partition coefficient (Wildman–Crippen LogP) is 1.05. The van der Waals surface area contributed by atoms with E-state index in [-0.39, 0.29) is 24.6 Å². The lowest BCUT2D eigenvalue weighted by Gasteiger charge is -2.15. The van der Waals surface area contributed by atoms with Crippen molar-refractivity contribution in [3.05, 3.63) is 34.7 Å². The normalized spacial score (nSPS) is 11.0. The van der Waals surface area contributed by atoms with E-state index in [9.17, 15) is 9.59 Å². The van der Waals surface area contributed by atoms with Crippen LogP contribution in [0.15, 0.2) is 29.1 Å². The molecule has 120 valence electrons. The molecule has 0 aliphatic heterocycles. The first-order chi connectivity index (χ1) is 10.6. The van der Waals surface area contributed by atoms with Crippen molar-refractivity contribution in [2.75, 3.05) is 20.2 Å². The number of hydrogen-bond acceptors (Lipinski definition) is 3. The summed E-state index contributed by atoms with van der Waals surface area (Å²) in [6.07, 6.45) is 1.13. The van der Waals surface area contributed by atoms with Gasteiger partial charge in [-0.1, -0.05) is 19.1 Å². The second-order valence-electron chi connectivity index (χ2n) is 5.36. The Hall–Kier alpha value is -2.08. The number of hydrogen-bond donors (Lipinski definition) is 1. The molecule has 0 saturated heterocycles. The van der Waals surface area contributed by atoms with E-state index in [1.807, 2.05) is 31.2 Å². The van der Waals surface area contributed by atoms with Gasteiger partial charge in [0.05, 0.1) is 17.6 Å². The van der Waals surface area contributed by atoms with Crippen LogP contribution in [0.5, 0.6) is 0 Å². The number of nitrogens with zero attached hydrogens (tertiary/aromatic N) is 3. The van der Waals surface area contributed by atoms with Crippen LogP contribution < -0.4 is 5.69 Å². The summed E-state index contributed by atoms with van der Waals surface area (Å²) in [5.41, 5.74) is 1.70. The lowest BCUT2D eigenvalue weighted by molar-refractivity contribution is -0.130. The quantitative estimate of drug-likeness (QED) is 0.831. The zero-order chi connectivity index (χ0) is 16.1. The van der Waals surface area contributed by atoms with Gasteiger partial charge in [0.15, 0.2) is 0 Å². The summed E-state index contributed by atoms with van der Waals surface area (Å²) in [6.45, 7) is 3.31. The third kappa shape index (κ3) is 3.22. The number of aromatic nitrogens is 2. The monoisotopic (exact) mass is 305 g/mol. The average Bonchev–Trinajstić information content (AvgIpc) is 2.78. The van der Waals surface area contributed by atoms with Gasteiger partial charge in [0, 0.05) is 33.1 Å². The Bertz CT molecular complexity index is 702. The Kier molecular flexibility index (Phi) is 5.38. The van der Waals surface area contributed by atoms with Crippen molar-refractivity contribution in [2.45, 2.75) is 32.9 Å². The number of carbonyl (C=O) groups is 1. The van der Waals surface area contributed by atoms with Crippen LogP contribution in [0.2, 0.25) is 0 Å². The van der Waals surface area contributed by atoms with Crippen LogP contribution in [0.4, 0.5) is 0 Å². The summed E-state index contributed by atoms with van der Waals surface area (Å²) in [6, 6.07) is 7.65. The number of likely N-dealkylation sites (N-methyl/N-ethyl adjacent to an activating group) is 1. The fraction of sp³-hybridized carbons (Fsp3) is 0.500. The first-order valence-corrected chi connectivity index (χ1v) is 7.63.